The first-order valence-corrected chi connectivity index (χ1v) is 6.00. The number of amidine groups is 1. The van der Waals surface area contributed by atoms with Crippen molar-refractivity contribution in [3.05, 3.63) is 0 Å². The highest BCUT2D eigenvalue weighted by atomic mass is 16.1. The van der Waals surface area contributed by atoms with Crippen LogP contribution in [0.5, 0.6) is 0 Å². The Morgan fingerprint density at radius 2 is 1.94 bits per heavy atom. The lowest BCUT2D eigenvalue weighted by Gasteiger charge is -2.33. The number of carbonyl (C=O) groups is 1. The molecule has 0 aromatic rings. The number of nitrogens with one attached hydrogen (secondary N) is 2. The first-order valence-electron chi connectivity index (χ1n) is 6.00. The van der Waals surface area contributed by atoms with Gasteiger partial charge in [-0.25, -0.2) is 5.84 Å². The van der Waals surface area contributed by atoms with Crippen molar-refractivity contribution in [1.29, 1.82) is 5.41 Å². The van der Waals surface area contributed by atoms with Gasteiger partial charge in [0.15, 0.2) is 0 Å². The maximum absolute atomic E-state index is 11.2. The van der Waals surface area contributed by atoms with Gasteiger partial charge in [-0.15, -0.1) is 0 Å². The molecule has 1 amide bonds. The highest BCUT2D eigenvalue weighted by Crippen LogP contribution is 2.31. The van der Waals surface area contributed by atoms with Crippen LogP contribution in [-0.2, 0) is 4.79 Å². The summed E-state index contributed by atoms with van der Waals surface area (Å²) in [5.74, 6) is 6.24. The van der Waals surface area contributed by atoms with Gasteiger partial charge in [-0.2, -0.15) is 0 Å². The number of hydrazine groups is 1. The van der Waals surface area contributed by atoms with E-state index in [0.717, 1.165) is 25.7 Å². The Morgan fingerprint density at radius 1 is 1.41 bits per heavy atom. The van der Waals surface area contributed by atoms with Crippen molar-refractivity contribution >= 4 is 11.7 Å². The van der Waals surface area contributed by atoms with E-state index < -0.39 is 0 Å². The summed E-state index contributed by atoms with van der Waals surface area (Å²) in [6.07, 6.45) is 3.62. The summed E-state index contributed by atoms with van der Waals surface area (Å²) in [6, 6.07) is -0.249. The van der Waals surface area contributed by atoms with Crippen molar-refractivity contribution in [2.45, 2.75) is 31.7 Å². The lowest BCUT2D eigenvalue weighted by Crippen LogP contribution is -2.47. The van der Waals surface area contributed by atoms with Crippen LogP contribution in [0.2, 0.25) is 0 Å². The number of likely N-dealkylation sites (N-methyl/N-ethyl adjacent to an activating group) is 1. The Hall–Kier alpha value is -1.14. The highest BCUT2D eigenvalue weighted by Gasteiger charge is 2.31. The molecule has 6 N–H and O–H groups in total. The molecule has 0 bridgehead atoms. The van der Waals surface area contributed by atoms with Gasteiger partial charge < -0.3 is 16.1 Å². The molecule has 0 aromatic heterocycles. The van der Waals surface area contributed by atoms with Gasteiger partial charge in [-0.05, 0) is 38.6 Å². The maximum atomic E-state index is 11.2. The van der Waals surface area contributed by atoms with Gasteiger partial charge in [0.2, 0.25) is 5.91 Å². The Morgan fingerprint density at radius 3 is 2.29 bits per heavy atom. The van der Waals surface area contributed by atoms with E-state index in [4.69, 9.17) is 17.0 Å². The van der Waals surface area contributed by atoms with Gasteiger partial charge in [0, 0.05) is 13.0 Å². The van der Waals surface area contributed by atoms with Crippen LogP contribution >= 0.6 is 0 Å². The van der Waals surface area contributed by atoms with E-state index in [-0.39, 0.29) is 23.8 Å². The van der Waals surface area contributed by atoms with Crippen LogP contribution < -0.4 is 16.9 Å². The first kappa shape index (κ1) is 13.9. The summed E-state index contributed by atoms with van der Waals surface area (Å²) in [6.45, 7) is 0. The smallest absolute Gasteiger partial charge is 0.234 e. The number of nitrogens with two attached hydrogens (primary N) is 2. The number of carbonyl (C=O) groups excluding carboxylic acids is 1. The van der Waals surface area contributed by atoms with Gasteiger partial charge in [-0.1, -0.05) is 0 Å². The molecule has 1 atom stereocenters. The van der Waals surface area contributed by atoms with Gasteiger partial charge in [0.1, 0.15) is 5.84 Å². The number of rotatable bonds is 4. The molecule has 0 saturated heterocycles. The lowest BCUT2D eigenvalue weighted by molar-refractivity contribution is -0.121. The molecule has 0 spiro atoms. The molecule has 98 valence electrons. The molecule has 0 heterocycles. The van der Waals surface area contributed by atoms with Crippen LogP contribution in [-0.4, -0.2) is 36.9 Å². The average molecular weight is 241 g/mol. The lowest BCUT2D eigenvalue weighted by atomic mass is 9.77. The highest BCUT2D eigenvalue weighted by molar-refractivity contribution is 5.81. The van der Waals surface area contributed by atoms with E-state index in [1.54, 1.807) is 14.1 Å². The topological polar surface area (TPSA) is 108 Å². The SMILES string of the molecule is CNC(C(N)=O)[C@H]1CC[C@H](C(=N)N(C)N)CC1. The van der Waals surface area contributed by atoms with Crippen LogP contribution in [0.15, 0.2) is 0 Å². The fourth-order valence-electron chi connectivity index (χ4n) is 2.62. The normalized spacial score (nSPS) is 26.3. The Bertz CT molecular complexity index is 284. The van der Waals surface area contributed by atoms with E-state index >= 15 is 0 Å². The predicted molar refractivity (Wildman–Crippen MR) is 67.2 cm³/mol. The van der Waals surface area contributed by atoms with Crippen molar-refractivity contribution in [1.82, 2.24) is 10.3 Å². The summed E-state index contributed by atoms with van der Waals surface area (Å²) < 4.78 is 0. The molecular weight excluding hydrogens is 218 g/mol. The van der Waals surface area contributed by atoms with Crippen LogP contribution in [0.25, 0.3) is 0 Å². The van der Waals surface area contributed by atoms with E-state index in [1.807, 2.05) is 0 Å². The summed E-state index contributed by atoms with van der Waals surface area (Å²) >= 11 is 0. The number of hydrogen-bond donors (Lipinski definition) is 4. The second-order valence-corrected chi connectivity index (χ2v) is 4.78. The van der Waals surface area contributed by atoms with Crippen molar-refractivity contribution in [2.75, 3.05) is 14.1 Å². The molecule has 0 aromatic carbocycles. The van der Waals surface area contributed by atoms with E-state index in [1.165, 1.54) is 5.01 Å². The fourth-order valence-corrected chi connectivity index (χ4v) is 2.62. The van der Waals surface area contributed by atoms with Crippen molar-refractivity contribution in [3.8, 4) is 0 Å². The summed E-state index contributed by atoms with van der Waals surface area (Å²) in [5, 5.41) is 12.2. The Balaban J connectivity index is 2.50. The molecule has 1 saturated carbocycles. The third-order valence-electron chi connectivity index (χ3n) is 3.63. The van der Waals surface area contributed by atoms with Crippen molar-refractivity contribution < 1.29 is 4.79 Å². The number of primary amides is 1. The molecular formula is C11H23N5O. The molecule has 6 nitrogen and oxygen atoms in total. The molecule has 1 unspecified atom stereocenters. The van der Waals surface area contributed by atoms with Gasteiger partial charge in [-0.3, -0.25) is 10.2 Å². The second-order valence-electron chi connectivity index (χ2n) is 4.78. The standard InChI is InChI=1S/C11H23N5O/c1-15-9(11(13)17)7-3-5-8(6-4-7)10(12)16(2)14/h7-9,12,15H,3-6,14H2,1-2H3,(H2,13,17)/t7-,8-,9?. The Kier molecular flexibility index (Phi) is 4.89. The van der Waals surface area contributed by atoms with Crippen molar-refractivity contribution in [2.24, 2.45) is 23.4 Å². The van der Waals surface area contributed by atoms with Crippen molar-refractivity contribution in [3.63, 3.8) is 0 Å². The molecule has 1 fully saturated rings. The second kappa shape index (κ2) is 5.97. The predicted octanol–water partition coefficient (Wildman–Crippen LogP) is -0.351. The van der Waals surface area contributed by atoms with Gasteiger partial charge in [0.25, 0.3) is 0 Å². The zero-order valence-corrected chi connectivity index (χ0v) is 10.6. The van der Waals surface area contributed by atoms with Gasteiger partial charge in [0.05, 0.1) is 6.04 Å². The molecule has 0 radical (unpaired) electrons. The summed E-state index contributed by atoms with van der Waals surface area (Å²) in [5.41, 5.74) is 5.35. The van der Waals surface area contributed by atoms with Crippen LogP contribution in [0.1, 0.15) is 25.7 Å². The largest absolute Gasteiger partial charge is 0.368 e. The third-order valence-corrected chi connectivity index (χ3v) is 3.63. The summed E-state index contributed by atoms with van der Waals surface area (Å²) in [7, 11) is 3.45. The van der Waals surface area contributed by atoms with E-state index in [2.05, 4.69) is 5.32 Å². The first-order chi connectivity index (χ1) is 7.97. The molecule has 1 aliphatic rings. The zero-order valence-electron chi connectivity index (χ0n) is 10.6. The third kappa shape index (κ3) is 3.41. The molecule has 1 rings (SSSR count). The van der Waals surface area contributed by atoms with E-state index in [0.29, 0.717) is 5.84 Å². The van der Waals surface area contributed by atoms with Gasteiger partial charge >= 0.3 is 0 Å². The minimum atomic E-state index is -0.290. The van der Waals surface area contributed by atoms with Crippen LogP contribution in [0.3, 0.4) is 0 Å². The fraction of sp³-hybridized carbons (Fsp3) is 0.818. The average Bonchev–Trinajstić information content (AvgIpc) is 2.29. The van der Waals surface area contributed by atoms with Crippen LogP contribution in [0, 0.1) is 17.2 Å². The minimum absolute atomic E-state index is 0.214. The quantitative estimate of drug-likeness (QED) is 0.233. The molecule has 0 aliphatic heterocycles. The Labute approximate surface area is 102 Å². The number of hydrogen-bond acceptors (Lipinski definition) is 4. The summed E-state index contributed by atoms with van der Waals surface area (Å²) in [4.78, 5) is 11.2. The molecule has 6 heteroatoms. The van der Waals surface area contributed by atoms with E-state index in [9.17, 15) is 4.79 Å². The monoisotopic (exact) mass is 241 g/mol. The molecule has 17 heavy (non-hydrogen) atoms. The maximum Gasteiger partial charge on any atom is 0.234 e. The number of nitrogens with zero attached hydrogens (tertiary/aromatic N) is 1. The molecule has 1 aliphatic carbocycles. The number of amides is 1. The minimum Gasteiger partial charge on any atom is -0.368 e. The van der Waals surface area contributed by atoms with Crippen LogP contribution in [0.4, 0.5) is 0 Å². The zero-order chi connectivity index (χ0) is 13.0.